The number of ether oxygens (including phenoxy) is 1. The van der Waals surface area contributed by atoms with Gasteiger partial charge in [0.1, 0.15) is 17.6 Å². The van der Waals surface area contributed by atoms with E-state index < -0.39 is 29.5 Å². The van der Waals surface area contributed by atoms with E-state index in [1.165, 1.54) is 23.1 Å². The number of nitrogens with zero attached hydrogens (tertiary/aromatic N) is 4. The van der Waals surface area contributed by atoms with Gasteiger partial charge < -0.3 is 14.5 Å². The molecule has 0 spiro atoms. The van der Waals surface area contributed by atoms with Crippen molar-refractivity contribution in [3.05, 3.63) is 94.3 Å². The van der Waals surface area contributed by atoms with Crippen molar-refractivity contribution < 1.29 is 27.9 Å². The van der Waals surface area contributed by atoms with Gasteiger partial charge in [-0.05, 0) is 53.9 Å². The van der Waals surface area contributed by atoms with Crippen molar-refractivity contribution in [2.75, 3.05) is 31.1 Å². The Bertz CT molecular complexity index is 1610. The maximum Gasteiger partial charge on any atom is 0.255 e. The van der Waals surface area contributed by atoms with E-state index in [-0.39, 0.29) is 42.3 Å². The second kappa shape index (κ2) is 11.2. The Hall–Kier alpha value is -4.82. The summed E-state index contributed by atoms with van der Waals surface area (Å²) < 4.78 is 35.0. The highest BCUT2D eigenvalue weighted by Gasteiger charge is 2.40. The van der Waals surface area contributed by atoms with Crippen LogP contribution < -0.4 is 15.0 Å². The number of rotatable bonds is 6. The van der Waals surface area contributed by atoms with E-state index in [0.29, 0.717) is 49.7 Å². The van der Waals surface area contributed by atoms with Gasteiger partial charge in [0.05, 0.1) is 12.3 Å². The number of hydrogen-bond donors (Lipinski definition) is 1. The van der Waals surface area contributed by atoms with Gasteiger partial charge in [0.25, 0.3) is 5.91 Å². The van der Waals surface area contributed by atoms with E-state index in [1.54, 1.807) is 18.2 Å². The number of anilines is 1. The quantitative estimate of drug-likeness (QED) is 0.349. The standard InChI is InChI=1S/C31H27F2N5O4/c1-34-21-4-8-28(25(33)15-21)42-22-5-2-19(3-6-22)17-36-10-12-37(13-11-36)27-14-20-18-38(31(41)23(20)16-24(27)32)26-7-9-29(39)35-30(26)40/h2-6,8,14-16,26H,7,9-13,17-18H2,(H,35,39,40). The number of halogens is 2. The number of fused-ring (bicyclic) bond motifs is 1. The third kappa shape index (κ3) is 5.41. The molecule has 214 valence electrons. The molecule has 42 heavy (non-hydrogen) atoms. The molecule has 0 aromatic heterocycles. The minimum Gasteiger partial charge on any atom is -0.454 e. The van der Waals surface area contributed by atoms with Crippen molar-refractivity contribution in [1.29, 1.82) is 0 Å². The summed E-state index contributed by atoms with van der Waals surface area (Å²) in [6, 6.07) is 13.7. The summed E-state index contributed by atoms with van der Waals surface area (Å²) in [5, 5.41) is 2.28. The molecule has 9 nitrogen and oxygen atoms in total. The molecule has 1 unspecified atom stereocenters. The Morgan fingerprint density at radius 1 is 0.952 bits per heavy atom. The van der Waals surface area contributed by atoms with Crippen LogP contribution in [0.2, 0.25) is 0 Å². The number of imide groups is 1. The fourth-order valence-corrected chi connectivity index (χ4v) is 5.66. The first-order chi connectivity index (χ1) is 20.3. The van der Waals surface area contributed by atoms with Crippen LogP contribution in [0.4, 0.5) is 20.2 Å². The fraction of sp³-hybridized carbons (Fsp3) is 0.290. The molecule has 3 aliphatic rings. The molecular weight excluding hydrogens is 544 g/mol. The largest absolute Gasteiger partial charge is 0.454 e. The average Bonchev–Trinajstić information content (AvgIpc) is 3.29. The number of piperazine rings is 1. The lowest BCUT2D eigenvalue weighted by Gasteiger charge is -2.36. The van der Waals surface area contributed by atoms with Crippen molar-refractivity contribution in [2.45, 2.75) is 32.0 Å². The van der Waals surface area contributed by atoms with E-state index in [9.17, 15) is 18.8 Å². The molecule has 0 bridgehead atoms. The smallest absolute Gasteiger partial charge is 0.255 e. The number of hydrogen-bond acceptors (Lipinski definition) is 6. The summed E-state index contributed by atoms with van der Waals surface area (Å²) in [7, 11) is 0. The number of carbonyl (C=O) groups excluding carboxylic acids is 3. The van der Waals surface area contributed by atoms with E-state index in [2.05, 4.69) is 15.1 Å². The predicted octanol–water partition coefficient (Wildman–Crippen LogP) is 4.39. The lowest BCUT2D eigenvalue weighted by molar-refractivity contribution is -0.136. The van der Waals surface area contributed by atoms with Gasteiger partial charge in [0, 0.05) is 51.3 Å². The molecule has 0 radical (unpaired) electrons. The van der Waals surface area contributed by atoms with E-state index in [4.69, 9.17) is 11.3 Å². The summed E-state index contributed by atoms with van der Waals surface area (Å²) in [5.74, 6) is -1.77. The van der Waals surface area contributed by atoms with Crippen molar-refractivity contribution in [3.8, 4) is 11.5 Å². The predicted molar refractivity (Wildman–Crippen MR) is 149 cm³/mol. The lowest BCUT2D eigenvalue weighted by Crippen LogP contribution is -2.52. The van der Waals surface area contributed by atoms with Gasteiger partial charge in [-0.2, -0.15) is 0 Å². The topological polar surface area (TPSA) is 86.6 Å². The van der Waals surface area contributed by atoms with Crippen LogP contribution in [0, 0.1) is 18.2 Å². The summed E-state index contributed by atoms with van der Waals surface area (Å²) >= 11 is 0. The SMILES string of the molecule is [C-]#[N+]c1ccc(Oc2ccc(CN3CCN(c4cc5c(cc4F)C(=O)N(C4CCC(=O)NC4=O)C5)CC3)cc2)c(F)c1. The van der Waals surface area contributed by atoms with Crippen molar-refractivity contribution >= 4 is 29.1 Å². The van der Waals surface area contributed by atoms with Gasteiger partial charge in [0.15, 0.2) is 17.3 Å². The van der Waals surface area contributed by atoms with Gasteiger partial charge in [-0.25, -0.2) is 13.6 Å². The molecule has 1 atom stereocenters. The monoisotopic (exact) mass is 571 g/mol. The summed E-state index contributed by atoms with van der Waals surface area (Å²) in [5.41, 5.74) is 2.63. The third-order valence-corrected chi connectivity index (χ3v) is 7.91. The highest BCUT2D eigenvalue weighted by atomic mass is 19.1. The van der Waals surface area contributed by atoms with Crippen LogP contribution in [0.25, 0.3) is 4.85 Å². The highest BCUT2D eigenvalue weighted by molar-refractivity contribution is 6.05. The molecule has 3 aromatic rings. The Morgan fingerprint density at radius 2 is 1.71 bits per heavy atom. The molecule has 3 heterocycles. The Balaban J connectivity index is 1.05. The molecule has 2 fully saturated rings. The van der Waals surface area contributed by atoms with Crippen LogP contribution in [0.1, 0.15) is 34.3 Å². The van der Waals surface area contributed by atoms with Gasteiger partial charge in [0.2, 0.25) is 11.8 Å². The molecule has 11 heteroatoms. The number of benzene rings is 3. The van der Waals surface area contributed by atoms with Crippen LogP contribution in [-0.4, -0.2) is 59.7 Å². The van der Waals surface area contributed by atoms with Crippen LogP contribution in [-0.2, 0) is 22.7 Å². The minimum absolute atomic E-state index is 0.0538. The maximum atomic E-state index is 15.2. The van der Waals surface area contributed by atoms with Gasteiger partial charge in [-0.1, -0.05) is 18.2 Å². The Morgan fingerprint density at radius 3 is 2.40 bits per heavy atom. The van der Waals surface area contributed by atoms with Crippen molar-refractivity contribution in [1.82, 2.24) is 15.1 Å². The van der Waals surface area contributed by atoms with Crippen LogP contribution in [0.5, 0.6) is 11.5 Å². The number of carbonyl (C=O) groups is 3. The first-order valence-corrected chi connectivity index (χ1v) is 13.7. The fourth-order valence-electron chi connectivity index (χ4n) is 5.66. The zero-order valence-electron chi connectivity index (χ0n) is 22.6. The molecule has 6 rings (SSSR count). The van der Waals surface area contributed by atoms with Gasteiger partial charge in [-0.15, -0.1) is 0 Å². The van der Waals surface area contributed by atoms with Crippen LogP contribution >= 0.6 is 0 Å². The third-order valence-electron chi connectivity index (χ3n) is 7.91. The zero-order chi connectivity index (χ0) is 29.4. The second-order valence-electron chi connectivity index (χ2n) is 10.6. The molecule has 0 aliphatic carbocycles. The number of nitrogens with one attached hydrogen (secondary N) is 1. The Kier molecular flexibility index (Phi) is 7.31. The number of amides is 3. The zero-order valence-corrected chi connectivity index (χ0v) is 22.6. The van der Waals surface area contributed by atoms with Gasteiger partial charge in [-0.3, -0.25) is 24.6 Å². The van der Waals surface area contributed by atoms with E-state index >= 15 is 4.39 Å². The van der Waals surface area contributed by atoms with Crippen molar-refractivity contribution in [3.63, 3.8) is 0 Å². The molecule has 3 amide bonds. The first-order valence-electron chi connectivity index (χ1n) is 13.7. The first kappa shape index (κ1) is 27.4. The summed E-state index contributed by atoms with van der Waals surface area (Å²) in [6.45, 7) is 10.5. The highest BCUT2D eigenvalue weighted by Crippen LogP contribution is 2.33. The molecular formula is C31H27F2N5O4. The summed E-state index contributed by atoms with van der Waals surface area (Å²) in [6.07, 6.45) is 0.422. The van der Waals surface area contributed by atoms with Gasteiger partial charge >= 0.3 is 0 Å². The maximum absolute atomic E-state index is 15.2. The Labute approximate surface area is 241 Å². The molecule has 0 saturated carbocycles. The van der Waals surface area contributed by atoms with Crippen LogP contribution in [0.3, 0.4) is 0 Å². The normalized spacial score (nSPS) is 19.0. The van der Waals surface area contributed by atoms with E-state index in [0.717, 1.165) is 11.6 Å². The van der Waals surface area contributed by atoms with Crippen LogP contribution in [0.15, 0.2) is 54.6 Å². The lowest BCUT2D eigenvalue weighted by atomic mass is 10.0. The number of piperidine rings is 1. The van der Waals surface area contributed by atoms with E-state index in [1.807, 2.05) is 17.0 Å². The second-order valence-corrected chi connectivity index (χ2v) is 10.6. The minimum atomic E-state index is -0.739. The molecule has 2 saturated heterocycles. The van der Waals surface area contributed by atoms with Crippen molar-refractivity contribution in [2.24, 2.45) is 0 Å². The average molecular weight is 572 g/mol. The summed E-state index contributed by atoms with van der Waals surface area (Å²) in [4.78, 5) is 45.6. The molecule has 1 N–H and O–H groups in total. The molecule has 3 aromatic carbocycles. The molecule has 3 aliphatic heterocycles.